The van der Waals surface area contributed by atoms with Crippen LogP contribution in [-0.2, 0) is 4.79 Å². The van der Waals surface area contributed by atoms with Crippen molar-refractivity contribution in [3.63, 3.8) is 0 Å². The average Bonchev–Trinajstić information content (AvgIpc) is 1.85. The number of carbonyl (C=O) groups excluding carboxylic acids is 1. The van der Waals surface area contributed by atoms with Crippen LogP contribution < -0.4 is 5.32 Å². The molecule has 3 N–H and O–H groups in total. The molecule has 4 heteroatoms. The van der Waals surface area contributed by atoms with E-state index in [2.05, 4.69) is 5.32 Å². The molecule has 0 aromatic heterocycles. The van der Waals surface area contributed by atoms with Gasteiger partial charge in [-0.1, -0.05) is 6.92 Å². The van der Waals surface area contributed by atoms with Gasteiger partial charge in [-0.05, 0) is 0 Å². The van der Waals surface area contributed by atoms with E-state index in [1.807, 2.05) is 0 Å². The van der Waals surface area contributed by atoms with Crippen LogP contribution in [0.15, 0.2) is 0 Å². The van der Waals surface area contributed by atoms with Crippen LogP contribution in [0, 0.1) is 5.92 Å². The second-order valence-electron chi connectivity index (χ2n) is 2.23. The summed E-state index contributed by atoms with van der Waals surface area (Å²) in [6, 6.07) is 0. The summed E-state index contributed by atoms with van der Waals surface area (Å²) in [6.07, 6.45) is -1.31. The first-order valence-electron chi connectivity index (χ1n) is 3.15. The van der Waals surface area contributed by atoms with Crippen LogP contribution in [0.25, 0.3) is 0 Å². The lowest BCUT2D eigenvalue weighted by atomic mass is 10.1. The fraction of sp³-hybridized carbons (Fsp3) is 0.833. The number of aliphatic hydroxyl groups excluding tert-OH is 1. The lowest BCUT2D eigenvalue weighted by molar-refractivity contribution is -0.128. The number of aliphatic hydroxyl groups is 2. The van der Waals surface area contributed by atoms with Crippen molar-refractivity contribution < 1.29 is 15.0 Å². The molecule has 0 heterocycles. The molecule has 0 radical (unpaired) electrons. The molecule has 0 aliphatic heterocycles. The maximum Gasteiger partial charge on any atom is 0.222 e. The van der Waals surface area contributed by atoms with E-state index >= 15 is 0 Å². The van der Waals surface area contributed by atoms with Gasteiger partial charge in [-0.3, -0.25) is 4.79 Å². The zero-order valence-electron chi connectivity index (χ0n) is 6.16. The monoisotopic (exact) mass is 147 g/mol. The molecule has 0 spiro atoms. The minimum atomic E-state index is -1.40. The minimum absolute atomic E-state index is 0.0830. The van der Waals surface area contributed by atoms with Crippen LogP contribution in [-0.4, -0.2) is 29.5 Å². The first kappa shape index (κ1) is 9.39. The molecule has 1 unspecified atom stereocenters. The smallest absolute Gasteiger partial charge is 0.222 e. The summed E-state index contributed by atoms with van der Waals surface area (Å²) in [5.41, 5.74) is 0. The Balaban J connectivity index is 3.61. The summed E-state index contributed by atoms with van der Waals surface area (Å²) in [6.45, 7) is 1.64. The van der Waals surface area contributed by atoms with E-state index < -0.39 is 6.29 Å². The Morgan fingerprint density at radius 1 is 1.60 bits per heavy atom. The highest BCUT2D eigenvalue weighted by molar-refractivity contribution is 5.77. The minimum Gasteiger partial charge on any atom is -0.368 e. The van der Waals surface area contributed by atoms with Crippen molar-refractivity contribution in [2.45, 2.75) is 19.6 Å². The Hall–Kier alpha value is -0.610. The van der Waals surface area contributed by atoms with Gasteiger partial charge in [0.2, 0.25) is 5.91 Å². The standard InChI is InChI=1S/C6H13NO3/c1-4(3-5(8)9)6(10)7-2/h4-5,8-9H,3H2,1-2H3,(H,7,10). The van der Waals surface area contributed by atoms with Crippen molar-refractivity contribution in [3.8, 4) is 0 Å². The van der Waals surface area contributed by atoms with Crippen LogP contribution in [0.2, 0.25) is 0 Å². The normalized spacial score (nSPS) is 13.3. The van der Waals surface area contributed by atoms with E-state index in [-0.39, 0.29) is 18.2 Å². The second kappa shape index (κ2) is 4.24. The molecule has 0 aromatic carbocycles. The van der Waals surface area contributed by atoms with Crippen molar-refractivity contribution >= 4 is 5.91 Å². The topological polar surface area (TPSA) is 69.6 Å². The predicted octanol–water partition coefficient (Wildman–Crippen LogP) is -0.931. The zero-order chi connectivity index (χ0) is 8.15. The second-order valence-corrected chi connectivity index (χ2v) is 2.23. The van der Waals surface area contributed by atoms with Crippen molar-refractivity contribution in [1.82, 2.24) is 5.32 Å². The molecule has 1 amide bonds. The number of nitrogens with one attached hydrogen (secondary N) is 1. The first-order valence-corrected chi connectivity index (χ1v) is 3.15. The third kappa shape index (κ3) is 3.42. The molecule has 0 saturated heterocycles. The van der Waals surface area contributed by atoms with Crippen molar-refractivity contribution in [2.75, 3.05) is 7.05 Å². The van der Waals surface area contributed by atoms with Crippen LogP contribution in [0.3, 0.4) is 0 Å². The fourth-order valence-electron chi connectivity index (χ4n) is 0.670. The molecule has 1 atom stereocenters. The van der Waals surface area contributed by atoms with Crippen molar-refractivity contribution in [2.24, 2.45) is 5.92 Å². The molecular weight excluding hydrogens is 134 g/mol. The van der Waals surface area contributed by atoms with E-state index in [9.17, 15) is 4.79 Å². The van der Waals surface area contributed by atoms with Crippen LogP contribution >= 0.6 is 0 Å². The molecule has 0 aliphatic rings. The highest BCUT2D eigenvalue weighted by Crippen LogP contribution is 2.03. The van der Waals surface area contributed by atoms with Gasteiger partial charge in [-0.25, -0.2) is 0 Å². The Bertz CT molecular complexity index is 114. The number of carbonyl (C=O) groups is 1. The number of hydrogen-bond donors (Lipinski definition) is 3. The van der Waals surface area contributed by atoms with Crippen LogP contribution in [0.1, 0.15) is 13.3 Å². The summed E-state index contributed by atoms with van der Waals surface area (Å²) in [5.74, 6) is -0.516. The maximum atomic E-state index is 10.7. The summed E-state index contributed by atoms with van der Waals surface area (Å²) in [5, 5.41) is 19.3. The Kier molecular flexibility index (Phi) is 3.99. The Morgan fingerprint density at radius 2 is 2.10 bits per heavy atom. The molecule has 60 valence electrons. The summed E-state index contributed by atoms with van der Waals surface area (Å²) >= 11 is 0. The summed E-state index contributed by atoms with van der Waals surface area (Å²) in [4.78, 5) is 10.7. The molecule has 0 aromatic rings. The first-order chi connectivity index (χ1) is 4.57. The Labute approximate surface area is 59.9 Å². The quantitative estimate of drug-likeness (QED) is 0.452. The Morgan fingerprint density at radius 3 is 2.40 bits per heavy atom. The van der Waals surface area contributed by atoms with E-state index in [1.54, 1.807) is 6.92 Å². The van der Waals surface area contributed by atoms with Gasteiger partial charge < -0.3 is 15.5 Å². The zero-order valence-corrected chi connectivity index (χ0v) is 6.16. The summed E-state index contributed by atoms with van der Waals surface area (Å²) in [7, 11) is 1.52. The molecule has 10 heavy (non-hydrogen) atoms. The third-order valence-electron chi connectivity index (χ3n) is 1.26. The number of rotatable bonds is 3. The molecule has 0 aliphatic carbocycles. The van der Waals surface area contributed by atoms with Gasteiger partial charge in [0, 0.05) is 19.4 Å². The van der Waals surface area contributed by atoms with Crippen molar-refractivity contribution in [1.29, 1.82) is 0 Å². The van der Waals surface area contributed by atoms with Gasteiger partial charge in [-0.15, -0.1) is 0 Å². The molecule has 4 nitrogen and oxygen atoms in total. The lowest BCUT2D eigenvalue weighted by Gasteiger charge is -2.09. The predicted molar refractivity (Wildman–Crippen MR) is 36.1 cm³/mol. The largest absolute Gasteiger partial charge is 0.368 e. The lowest BCUT2D eigenvalue weighted by Crippen LogP contribution is -2.28. The van der Waals surface area contributed by atoms with Gasteiger partial charge in [0.1, 0.15) is 0 Å². The van der Waals surface area contributed by atoms with E-state index in [1.165, 1.54) is 7.05 Å². The molecule has 0 bridgehead atoms. The number of amides is 1. The van der Waals surface area contributed by atoms with E-state index in [0.29, 0.717) is 0 Å². The van der Waals surface area contributed by atoms with E-state index in [0.717, 1.165) is 0 Å². The number of hydrogen-bond acceptors (Lipinski definition) is 3. The maximum absolute atomic E-state index is 10.7. The van der Waals surface area contributed by atoms with E-state index in [4.69, 9.17) is 10.2 Å². The molecule has 0 saturated carbocycles. The highest BCUT2D eigenvalue weighted by atomic mass is 16.5. The van der Waals surface area contributed by atoms with Gasteiger partial charge >= 0.3 is 0 Å². The van der Waals surface area contributed by atoms with Crippen molar-refractivity contribution in [3.05, 3.63) is 0 Å². The van der Waals surface area contributed by atoms with Gasteiger partial charge in [0.05, 0.1) is 0 Å². The van der Waals surface area contributed by atoms with Crippen LogP contribution in [0.5, 0.6) is 0 Å². The molecular formula is C6H13NO3. The van der Waals surface area contributed by atoms with Gasteiger partial charge in [0.15, 0.2) is 6.29 Å². The molecule has 0 rings (SSSR count). The third-order valence-corrected chi connectivity index (χ3v) is 1.26. The van der Waals surface area contributed by atoms with Gasteiger partial charge in [0.25, 0.3) is 0 Å². The SMILES string of the molecule is CNC(=O)C(C)CC(O)O. The fourth-order valence-corrected chi connectivity index (χ4v) is 0.670. The molecule has 0 fully saturated rings. The highest BCUT2D eigenvalue weighted by Gasteiger charge is 2.13. The van der Waals surface area contributed by atoms with Crippen LogP contribution in [0.4, 0.5) is 0 Å². The summed E-state index contributed by atoms with van der Waals surface area (Å²) < 4.78 is 0. The average molecular weight is 147 g/mol. The van der Waals surface area contributed by atoms with Gasteiger partial charge in [-0.2, -0.15) is 0 Å².